The first-order valence-corrected chi connectivity index (χ1v) is 8.34. The molecule has 0 aliphatic carbocycles. The molecule has 1 aliphatic rings. The third-order valence-electron chi connectivity index (χ3n) is 4.29. The van der Waals surface area contributed by atoms with Gasteiger partial charge in [0.2, 0.25) is 0 Å². The predicted octanol–water partition coefficient (Wildman–Crippen LogP) is 2.39. The number of para-hydroxylation sites is 1. The third kappa shape index (κ3) is 3.38. The van der Waals surface area contributed by atoms with E-state index in [1.165, 1.54) is 11.3 Å². The van der Waals surface area contributed by atoms with Crippen LogP contribution in [0.4, 0.5) is 5.69 Å². The zero-order chi connectivity index (χ0) is 16.2. The molecular formula is C18H24N4O. The van der Waals surface area contributed by atoms with Gasteiger partial charge < -0.3 is 10.2 Å². The number of amides is 1. The Morgan fingerprint density at radius 2 is 2.13 bits per heavy atom. The van der Waals surface area contributed by atoms with E-state index in [0.717, 1.165) is 38.2 Å². The maximum Gasteiger partial charge on any atom is 0.254 e. The highest BCUT2D eigenvalue weighted by atomic mass is 16.1. The van der Waals surface area contributed by atoms with Gasteiger partial charge in [-0.1, -0.05) is 25.1 Å². The van der Waals surface area contributed by atoms with Crippen LogP contribution in [0.1, 0.15) is 35.0 Å². The summed E-state index contributed by atoms with van der Waals surface area (Å²) in [5, 5.41) is 7.40. The van der Waals surface area contributed by atoms with Gasteiger partial charge in [0.15, 0.2) is 0 Å². The molecule has 1 aliphatic heterocycles. The normalized spacial score (nSPS) is 13.2. The second kappa shape index (κ2) is 6.86. The highest BCUT2D eigenvalue weighted by Gasteiger charge is 2.18. The van der Waals surface area contributed by atoms with Gasteiger partial charge in [-0.3, -0.25) is 9.48 Å². The van der Waals surface area contributed by atoms with Crippen molar-refractivity contribution in [3.8, 4) is 0 Å². The van der Waals surface area contributed by atoms with Crippen LogP contribution < -0.4 is 10.2 Å². The molecular weight excluding hydrogens is 288 g/mol. The number of anilines is 1. The number of benzene rings is 1. The number of nitrogens with one attached hydrogen (secondary N) is 1. The van der Waals surface area contributed by atoms with Crippen LogP contribution in [0.15, 0.2) is 30.5 Å². The Kier molecular flexibility index (Phi) is 4.65. The minimum absolute atomic E-state index is 0.0302. The molecule has 5 heteroatoms. The van der Waals surface area contributed by atoms with E-state index in [2.05, 4.69) is 46.5 Å². The van der Waals surface area contributed by atoms with Crippen LogP contribution in [-0.2, 0) is 13.0 Å². The lowest BCUT2D eigenvalue weighted by Gasteiger charge is -2.19. The van der Waals surface area contributed by atoms with E-state index in [1.54, 1.807) is 0 Å². The molecule has 122 valence electrons. The van der Waals surface area contributed by atoms with Gasteiger partial charge >= 0.3 is 0 Å². The summed E-state index contributed by atoms with van der Waals surface area (Å²) < 4.78 is 1.85. The second-order valence-electron chi connectivity index (χ2n) is 6.01. The van der Waals surface area contributed by atoms with E-state index in [0.29, 0.717) is 12.1 Å². The molecule has 1 amide bonds. The summed E-state index contributed by atoms with van der Waals surface area (Å²) in [6.07, 6.45) is 3.95. The zero-order valence-electron chi connectivity index (χ0n) is 13.9. The highest BCUT2D eigenvalue weighted by Crippen LogP contribution is 2.26. The van der Waals surface area contributed by atoms with Crippen LogP contribution in [0.5, 0.6) is 0 Å². The largest absolute Gasteiger partial charge is 0.369 e. The van der Waals surface area contributed by atoms with Gasteiger partial charge in [0.05, 0.1) is 11.3 Å². The van der Waals surface area contributed by atoms with Gasteiger partial charge in [-0.25, -0.2) is 0 Å². The summed E-state index contributed by atoms with van der Waals surface area (Å²) in [5.41, 5.74) is 4.17. The lowest BCUT2D eigenvalue weighted by Crippen LogP contribution is -2.34. The molecule has 2 heterocycles. The number of aryl methyl sites for hydroxylation is 2. The van der Waals surface area contributed by atoms with Crippen LogP contribution in [0.25, 0.3) is 0 Å². The van der Waals surface area contributed by atoms with Crippen molar-refractivity contribution < 1.29 is 4.79 Å². The van der Waals surface area contributed by atoms with Gasteiger partial charge in [-0.2, -0.15) is 5.10 Å². The van der Waals surface area contributed by atoms with Crippen molar-refractivity contribution in [2.75, 3.05) is 24.5 Å². The monoisotopic (exact) mass is 312 g/mol. The van der Waals surface area contributed by atoms with Crippen LogP contribution in [0.2, 0.25) is 0 Å². The predicted molar refractivity (Wildman–Crippen MR) is 91.9 cm³/mol. The number of carbonyl (C=O) groups is 1. The lowest BCUT2D eigenvalue weighted by atomic mass is 10.2. The molecule has 0 fully saturated rings. The Labute approximate surface area is 137 Å². The Hall–Kier alpha value is -2.30. The average Bonchev–Trinajstić information content (AvgIpc) is 3.12. The summed E-state index contributed by atoms with van der Waals surface area (Å²) in [5.74, 6) is -0.0302. The van der Waals surface area contributed by atoms with Gasteiger partial charge in [-0.05, 0) is 31.4 Å². The summed E-state index contributed by atoms with van der Waals surface area (Å²) in [6.45, 7) is 7.35. The second-order valence-corrected chi connectivity index (χ2v) is 6.01. The van der Waals surface area contributed by atoms with E-state index in [-0.39, 0.29) is 5.91 Å². The third-order valence-corrected chi connectivity index (χ3v) is 4.29. The van der Waals surface area contributed by atoms with Crippen LogP contribution >= 0.6 is 0 Å². The maximum atomic E-state index is 12.3. The van der Waals surface area contributed by atoms with Gasteiger partial charge in [0.25, 0.3) is 5.91 Å². The quantitative estimate of drug-likeness (QED) is 0.891. The number of nitrogens with zero attached hydrogens (tertiary/aromatic N) is 3. The molecule has 1 N–H and O–H groups in total. The topological polar surface area (TPSA) is 50.2 Å². The van der Waals surface area contributed by atoms with E-state index in [4.69, 9.17) is 0 Å². The van der Waals surface area contributed by atoms with Crippen molar-refractivity contribution in [2.24, 2.45) is 0 Å². The average molecular weight is 312 g/mol. The van der Waals surface area contributed by atoms with E-state index < -0.39 is 0 Å². The summed E-state index contributed by atoms with van der Waals surface area (Å²) in [4.78, 5) is 14.7. The lowest BCUT2D eigenvalue weighted by molar-refractivity contribution is 0.0954. The van der Waals surface area contributed by atoms with Gasteiger partial charge in [0.1, 0.15) is 0 Å². The smallest absolute Gasteiger partial charge is 0.254 e. The van der Waals surface area contributed by atoms with Crippen LogP contribution in [-0.4, -0.2) is 35.3 Å². The van der Waals surface area contributed by atoms with E-state index in [9.17, 15) is 4.79 Å². The molecule has 0 saturated carbocycles. The Balaban J connectivity index is 1.54. The fourth-order valence-corrected chi connectivity index (χ4v) is 3.12. The molecule has 5 nitrogen and oxygen atoms in total. The van der Waals surface area contributed by atoms with Crippen molar-refractivity contribution in [2.45, 2.75) is 33.2 Å². The highest BCUT2D eigenvalue weighted by molar-refractivity contribution is 5.95. The fourth-order valence-electron chi connectivity index (χ4n) is 3.12. The molecule has 0 unspecified atom stereocenters. The standard InChI is InChI=1S/C18H24N4O/c1-3-10-22-13-16(14(2)20-22)18(23)19-9-12-21-11-8-15-6-4-5-7-17(15)21/h4-7,13H,3,8-12H2,1-2H3,(H,19,23). The molecule has 3 rings (SSSR count). The van der Waals surface area contributed by atoms with Crippen LogP contribution in [0.3, 0.4) is 0 Å². The first kappa shape index (κ1) is 15.6. The number of carbonyl (C=O) groups excluding carboxylic acids is 1. The van der Waals surface area contributed by atoms with Crippen molar-refractivity contribution >= 4 is 11.6 Å². The van der Waals surface area contributed by atoms with E-state index in [1.807, 2.05) is 17.8 Å². The molecule has 23 heavy (non-hydrogen) atoms. The molecule has 0 radical (unpaired) electrons. The van der Waals surface area contributed by atoms with Crippen molar-refractivity contribution in [3.05, 3.63) is 47.3 Å². The Morgan fingerprint density at radius 1 is 1.30 bits per heavy atom. The summed E-state index contributed by atoms with van der Waals surface area (Å²) >= 11 is 0. The Morgan fingerprint density at radius 3 is 2.96 bits per heavy atom. The van der Waals surface area contributed by atoms with E-state index >= 15 is 0 Å². The number of fused-ring (bicyclic) bond motifs is 1. The molecule has 0 atom stereocenters. The van der Waals surface area contributed by atoms with Crippen molar-refractivity contribution in [3.63, 3.8) is 0 Å². The fraction of sp³-hybridized carbons (Fsp3) is 0.444. The number of hydrogen-bond acceptors (Lipinski definition) is 3. The molecule has 1 aromatic heterocycles. The molecule has 0 bridgehead atoms. The van der Waals surface area contributed by atoms with Crippen molar-refractivity contribution in [1.29, 1.82) is 0 Å². The number of rotatable bonds is 6. The maximum absolute atomic E-state index is 12.3. The molecule has 2 aromatic rings. The van der Waals surface area contributed by atoms with Gasteiger partial charge in [0, 0.05) is 38.1 Å². The number of aromatic nitrogens is 2. The van der Waals surface area contributed by atoms with Crippen LogP contribution in [0, 0.1) is 6.92 Å². The minimum atomic E-state index is -0.0302. The zero-order valence-corrected chi connectivity index (χ0v) is 13.9. The first-order chi connectivity index (χ1) is 11.2. The van der Waals surface area contributed by atoms with Gasteiger partial charge in [-0.15, -0.1) is 0 Å². The summed E-state index contributed by atoms with van der Waals surface area (Å²) in [6, 6.07) is 8.49. The Bertz CT molecular complexity index is 692. The number of hydrogen-bond donors (Lipinski definition) is 1. The molecule has 0 saturated heterocycles. The molecule has 1 aromatic carbocycles. The summed E-state index contributed by atoms with van der Waals surface area (Å²) in [7, 11) is 0. The SMILES string of the molecule is CCCn1cc(C(=O)NCCN2CCc3ccccc32)c(C)n1. The first-order valence-electron chi connectivity index (χ1n) is 8.34. The minimum Gasteiger partial charge on any atom is -0.369 e. The molecule has 0 spiro atoms. The van der Waals surface area contributed by atoms with Crippen molar-refractivity contribution in [1.82, 2.24) is 15.1 Å².